The fourth-order valence-corrected chi connectivity index (χ4v) is 3.53. The van der Waals surface area contributed by atoms with Crippen LogP contribution in [0.1, 0.15) is 40.3 Å². The summed E-state index contributed by atoms with van der Waals surface area (Å²) in [6.45, 7) is 8.30. The summed E-state index contributed by atoms with van der Waals surface area (Å²) in [5, 5.41) is 4.58. The average molecular weight is 421 g/mol. The van der Waals surface area contributed by atoms with Crippen LogP contribution < -0.4 is 5.73 Å². The van der Waals surface area contributed by atoms with Crippen molar-refractivity contribution in [2.45, 2.75) is 47.1 Å². The molecule has 2 heterocycles. The van der Waals surface area contributed by atoms with Crippen LogP contribution >= 0.6 is 0 Å². The second kappa shape index (κ2) is 9.51. The lowest BCUT2D eigenvalue weighted by Crippen LogP contribution is -2.34. The van der Waals surface area contributed by atoms with Gasteiger partial charge in [0.15, 0.2) is 0 Å². The predicted molar refractivity (Wildman–Crippen MR) is 117 cm³/mol. The molecule has 3 aromatic rings. The first-order chi connectivity index (χ1) is 14.7. The molecule has 2 aromatic heterocycles. The number of nitrogens with two attached hydrogens (primary N) is 1. The average Bonchev–Trinajstić information content (AvgIpc) is 2.99. The summed E-state index contributed by atoms with van der Waals surface area (Å²) in [4.78, 5) is 35.1. The quantitative estimate of drug-likeness (QED) is 0.602. The van der Waals surface area contributed by atoms with Crippen LogP contribution in [-0.2, 0) is 22.6 Å². The zero-order chi connectivity index (χ0) is 22.5. The molecule has 0 spiro atoms. The molecule has 2 N–H and O–H groups in total. The van der Waals surface area contributed by atoms with Crippen molar-refractivity contribution in [2.24, 2.45) is 5.73 Å². The van der Waals surface area contributed by atoms with Crippen molar-refractivity contribution in [3.63, 3.8) is 0 Å². The second-order valence-electron chi connectivity index (χ2n) is 7.71. The van der Waals surface area contributed by atoms with Crippen LogP contribution in [0.5, 0.6) is 0 Å². The van der Waals surface area contributed by atoms with Gasteiger partial charge in [0.25, 0.3) is 5.95 Å². The van der Waals surface area contributed by atoms with Gasteiger partial charge in [-0.15, -0.1) is 0 Å². The third kappa shape index (κ3) is 5.53. The Hall–Kier alpha value is -3.55. The van der Waals surface area contributed by atoms with E-state index in [1.54, 1.807) is 9.58 Å². The van der Waals surface area contributed by atoms with Crippen molar-refractivity contribution in [1.29, 1.82) is 0 Å². The van der Waals surface area contributed by atoms with Gasteiger partial charge in [0.05, 0.1) is 12.1 Å². The van der Waals surface area contributed by atoms with Crippen molar-refractivity contribution < 1.29 is 9.59 Å². The fraction of sp³-hybridized carbons (Fsp3) is 0.348. The van der Waals surface area contributed by atoms with E-state index in [1.165, 1.54) is 0 Å². The number of hydrogen-bond donors (Lipinski definition) is 1. The molecule has 0 radical (unpaired) electrons. The maximum atomic E-state index is 13.2. The minimum atomic E-state index is -0.432. The molecular weight excluding hydrogens is 392 g/mol. The van der Waals surface area contributed by atoms with Gasteiger partial charge in [0, 0.05) is 42.2 Å². The highest BCUT2D eigenvalue weighted by atomic mass is 16.2. The zero-order valence-electron chi connectivity index (χ0n) is 18.4. The Morgan fingerprint density at radius 1 is 1.03 bits per heavy atom. The molecule has 2 amide bonds. The first-order valence-corrected chi connectivity index (χ1v) is 10.2. The SMILES string of the molecule is Cc1cc(C)nc(-n2nc(C)c(CC(=O)N(CCC(N)=O)Cc3ccccc3)c2C)n1. The summed E-state index contributed by atoms with van der Waals surface area (Å²) in [5.41, 5.74) is 10.4. The minimum Gasteiger partial charge on any atom is -0.370 e. The molecule has 0 saturated heterocycles. The summed E-state index contributed by atoms with van der Waals surface area (Å²) in [6, 6.07) is 11.6. The molecule has 0 aliphatic rings. The Kier molecular flexibility index (Phi) is 6.79. The maximum absolute atomic E-state index is 13.2. The molecule has 0 aliphatic carbocycles. The molecule has 0 atom stereocenters. The number of benzene rings is 1. The largest absolute Gasteiger partial charge is 0.370 e. The monoisotopic (exact) mass is 420 g/mol. The summed E-state index contributed by atoms with van der Waals surface area (Å²) >= 11 is 0. The van der Waals surface area contributed by atoms with E-state index in [2.05, 4.69) is 15.1 Å². The van der Waals surface area contributed by atoms with Crippen LogP contribution in [-0.4, -0.2) is 43.0 Å². The molecule has 3 rings (SSSR count). The standard InChI is InChI=1S/C23H28N6O2/c1-15-12-16(2)26-23(25-15)29-18(4)20(17(3)27-29)13-22(31)28(11-10-21(24)30)14-19-8-6-5-7-9-19/h5-9,12H,10-11,13-14H2,1-4H3,(H2,24,30). The van der Waals surface area contributed by atoms with E-state index < -0.39 is 5.91 Å². The number of primary amides is 1. The van der Waals surface area contributed by atoms with Crippen LogP contribution in [0, 0.1) is 27.7 Å². The van der Waals surface area contributed by atoms with Crippen LogP contribution in [0.15, 0.2) is 36.4 Å². The third-order valence-electron chi connectivity index (χ3n) is 5.13. The number of aryl methyl sites for hydroxylation is 3. The van der Waals surface area contributed by atoms with Crippen LogP contribution in [0.3, 0.4) is 0 Å². The van der Waals surface area contributed by atoms with E-state index >= 15 is 0 Å². The highest BCUT2D eigenvalue weighted by Crippen LogP contribution is 2.19. The third-order valence-corrected chi connectivity index (χ3v) is 5.13. The van der Waals surface area contributed by atoms with Crippen LogP contribution in [0.2, 0.25) is 0 Å². The van der Waals surface area contributed by atoms with Gasteiger partial charge in [0.1, 0.15) is 0 Å². The molecule has 31 heavy (non-hydrogen) atoms. The van der Waals surface area contributed by atoms with E-state index in [4.69, 9.17) is 5.73 Å². The van der Waals surface area contributed by atoms with Crippen LogP contribution in [0.4, 0.5) is 0 Å². The van der Waals surface area contributed by atoms with Crippen molar-refractivity contribution in [1.82, 2.24) is 24.6 Å². The maximum Gasteiger partial charge on any atom is 0.251 e. The summed E-state index contributed by atoms with van der Waals surface area (Å²) in [6.07, 6.45) is 0.292. The normalized spacial score (nSPS) is 10.8. The van der Waals surface area contributed by atoms with Gasteiger partial charge >= 0.3 is 0 Å². The number of amides is 2. The second-order valence-corrected chi connectivity index (χ2v) is 7.71. The summed E-state index contributed by atoms with van der Waals surface area (Å²) in [5.74, 6) is -0.0260. The molecule has 0 unspecified atom stereocenters. The molecule has 8 heteroatoms. The molecular formula is C23H28N6O2. The first kappa shape index (κ1) is 22.1. The molecule has 0 bridgehead atoms. The Labute approximate surface area is 182 Å². The Morgan fingerprint density at radius 3 is 2.29 bits per heavy atom. The Balaban J connectivity index is 1.85. The van der Waals surface area contributed by atoms with Crippen molar-refractivity contribution >= 4 is 11.8 Å². The lowest BCUT2D eigenvalue weighted by Gasteiger charge is -2.22. The van der Waals surface area contributed by atoms with Gasteiger partial charge in [0.2, 0.25) is 11.8 Å². The molecule has 0 aliphatic heterocycles. The van der Waals surface area contributed by atoms with Crippen molar-refractivity contribution in [2.75, 3.05) is 6.54 Å². The smallest absolute Gasteiger partial charge is 0.251 e. The number of hydrogen-bond acceptors (Lipinski definition) is 5. The molecule has 1 aromatic carbocycles. The first-order valence-electron chi connectivity index (χ1n) is 10.2. The van der Waals surface area contributed by atoms with E-state index in [-0.39, 0.29) is 25.3 Å². The Morgan fingerprint density at radius 2 is 1.68 bits per heavy atom. The minimum absolute atomic E-state index is 0.0859. The van der Waals surface area contributed by atoms with Gasteiger partial charge in [-0.2, -0.15) is 5.10 Å². The van der Waals surface area contributed by atoms with Crippen molar-refractivity contribution in [3.05, 3.63) is 70.3 Å². The molecule has 0 fully saturated rings. The van der Waals surface area contributed by atoms with Gasteiger partial charge in [-0.05, 0) is 39.3 Å². The van der Waals surface area contributed by atoms with Crippen molar-refractivity contribution in [3.8, 4) is 5.95 Å². The number of carbonyl (C=O) groups excluding carboxylic acids is 2. The zero-order valence-corrected chi connectivity index (χ0v) is 18.4. The number of aromatic nitrogens is 4. The molecule has 8 nitrogen and oxygen atoms in total. The number of carbonyl (C=O) groups is 2. The number of nitrogens with zero attached hydrogens (tertiary/aromatic N) is 5. The number of rotatable bonds is 8. The van der Waals surface area contributed by atoms with E-state index in [0.717, 1.165) is 33.9 Å². The van der Waals surface area contributed by atoms with Gasteiger partial charge < -0.3 is 10.6 Å². The highest BCUT2D eigenvalue weighted by molar-refractivity contribution is 5.80. The van der Waals surface area contributed by atoms with Gasteiger partial charge in [-0.3, -0.25) is 9.59 Å². The lowest BCUT2D eigenvalue weighted by molar-refractivity contribution is -0.131. The van der Waals surface area contributed by atoms with Crippen LogP contribution in [0.25, 0.3) is 5.95 Å². The predicted octanol–water partition coefficient (Wildman–Crippen LogP) is 2.34. The topological polar surface area (TPSA) is 107 Å². The lowest BCUT2D eigenvalue weighted by atomic mass is 10.1. The Bertz CT molecular complexity index is 1070. The van der Waals surface area contributed by atoms with E-state index in [1.807, 2.05) is 64.1 Å². The molecule has 0 saturated carbocycles. The molecule has 162 valence electrons. The highest BCUT2D eigenvalue weighted by Gasteiger charge is 2.21. The van der Waals surface area contributed by atoms with Gasteiger partial charge in [-0.25, -0.2) is 14.6 Å². The van der Waals surface area contributed by atoms with Gasteiger partial charge in [-0.1, -0.05) is 30.3 Å². The summed E-state index contributed by atoms with van der Waals surface area (Å²) in [7, 11) is 0. The summed E-state index contributed by atoms with van der Waals surface area (Å²) < 4.78 is 1.68. The fourth-order valence-electron chi connectivity index (χ4n) is 3.53. The van der Waals surface area contributed by atoms with E-state index in [0.29, 0.717) is 12.5 Å². The van der Waals surface area contributed by atoms with E-state index in [9.17, 15) is 9.59 Å².